The molecule has 1 saturated heterocycles. The van der Waals surface area contributed by atoms with E-state index in [0.717, 1.165) is 32.4 Å². The molecule has 3 atom stereocenters. The maximum atomic E-state index is 12.0. The van der Waals surface area contributed by atoms with Crippen LogP contribution in [0.2, 0.25) is 0 Å². The van der Waals surface area contributed by atoms with Crippen LogP contribution in [0.1, 0.15) is 51.9 Å². The Bertz CT molecular complexity index is 366. The molecule has 114 valence electrons. The van der Waals surface area contributed by atoms with Gasteiger partial charge in [0.25, 0.3) is 0 Å². The van der Waals surface area contributed by atoms with Gasteiger partial charge in [-0.15, -0.1) is 0 Å². The lowest BCUT2D eigenvalue weighted by molar-refractivity contribution is -0.149. The number of nitrogens with one attached hydrogen (secondary N) is 2. The average Bonchev–Trinajstić information content (AvgIpc) is 2.80. The van der Waals surface area contributed by atoms with Crippen molar-refractivity contribution in [3.05, 3.63) is 0 Å². The minimum atomic E-state index is -0.795. The Morgan fingerprint density at radius 2 is 2.15 bits per heavy atom. The second kappa shape index (κ2) is 6.57. The van der Waals surface area contributed by atoms with Crippen molar-refractivity contribution in [3.63, 3.8) is 0 Å². The number of carboxylic acids is 1. The summed E-state index contributed by atoms with van der Waals surface area (Å²) >= 11 is 0. The van der Waals surface area contributed by atoms with Gasteiger partial charge in [-0.2, -0.15) is 0 Å². The van der Waals surface area contributed by atoms with E-state index in [1.54, 1.807) is 6.92 Å². The molecule has 5 nitrogen and oxygen atoms in total. The standard InChI is InChI=1S/C15H26N2O3/c1-15(14(19)20)8-2-5-12(15)17-13(18)7-6-11-4-3-9-16-10-11/h11-12,16H,2-10H2,1H3,(H,17,18)(H,19,20). The van der Waals surface area contributed by atoms with Gasteiger partial charge < -0.3 is 15.7 Å². The minimum absolute atomic E-state index is 0.00921. The van der Waals surface area contributed by atoms with E-state index in [-0.39, 0.29) is 11.9 Å². The molecule has 1 heterocycles. The maximum Gasteiger partial charge on any atom is 0.311 e. The zero-order valence-corrected chi connectivity index (χ0v) is 12.3. The summed E-state index contributed by atoms with van der Waals surface area (Å²) in [6, 6.07) is -0.211. The third-order valence-corrected chi connectivity index (χ3v) is 4.96. The van der Waals surface area contributed by atoms with E-state index in [0.29, 0.717) is 18.8 Å². The quantitative estimate of drug-likeness (QED) is 0.714. The number of hydrogen-bond donors (Lipinski definition) is 3. The van der Waals surface area contributed by atoms with Crippen molar-refractivity contribution in [2.24, 2.45) is 11.3 Å². The van der Waals surface area contributed by atoms with Gasteiger partial charge in [-0.1, -0.05) is 6.42 Å². The summed E-state index contributed by atoms with van der Waals surface area (Å²) < 4.78 is 0. The number of carbonyl (C=O) groups excluding carboxylic acids is 1. The monoisotopic (exact) mass is 282 g/mol. The van der Waals surface area contributed by atoms with Crippen LogP contribution in [-0.2, 0) is 9.59 Å². The smallest absolute Gasteiger partial charge is 0.311 e. The summed E-state index contributed by atoms with van der Waals surface area (Å²) in [5, 5.41) is 15.6. The Morgan fingerprint density at radius 3 is 2.80 bits per heavy atom. The molecule has 5 heteroatoms. The SMILES string of the molecule is CC1(C(=O)O)CCCC1NC(=O)CCC1CCCNC1. The summed E-state index contributed by atoms with van der Waals surface area (Å²) in [4.78, 5) is 23.4. The van der Waals surface area contributed by atoms with E-state index in [1.807, 2.05) is 0 Å². The number of aliphatic carboxylic acids is 1. The van der Waals surface area contributed by atoms with Crippen LogP contribution in [0.25, 0.3) is 0 Å². The van der Waals surface area contributed by atoms with E-state index >= 15 is 0 Å². The molecule has 1 aliphatic carbocycles. The van der Waals surface area contributed by atoms with Crippen molar-refractivity contribution in [3.8, 4) is 0 Å². The van der Waals surface area contributed by atoms with Gasteiger partial charge >= 0.3 is 5.97 Å². The van der Waals surface area contributed by atoms with Gasteiger partial charge in [0.1, 0.15) is 0 Å². The lowest BCUT2D eigenvalue weighted by Crippen LogP contribution is -2.47. The Hall–Kier alpha value is -1.10. The fraction of sp³-hybridized carbons (Fsp3) is 0.867. The Kier molecular flexibility index (Phi) is 5.02. The van der Waals surface area contributed by atoms with E-state index in [9.17, 15) is 14.7 Å². The molecule has 0 aromatic carbocycles. The molecule has 0 aromatic rings. The molecular weight excluding hydrogens is 256 g/mol. The van der Waals surface area contributed by atoms with Gasteiger partial charge in [0.15, 0.2) is 0 Å². The molecule has 0 spiro atoms. The highest BCUT2D eigenvalue weighted by Gasteiger charge is 2.45. The van der Waals surface area contributed by atoms with E-state index < -0.39 is 11.4 Å². The van der Waals surface area contributed by atoms with Gasteiger partial charge in [0.05, 0.1) is 5.41 Å². The number of piperidine rings is 1. The molecular formula is C15H26N2O3. The molecule has 3 N–H and O–H groups in total. The van der Waals surface area contributed by atoms with Crippen LogP contribution < -0.4 is 10.6 Å². The van der Waals surface area contributed by atoms with Crippen LogP contribution in [0.5, 0.6) is 0 Å². The van der Waals surface area contributed by atoms with E-state index in [4.69, 9.17) is 0 Å². The van der Waals surface area contributed by atoms with E-state index in [1.165, 1.54) is 12.8 Å². The lowest BCUT2D eigenvalue weighted by Gasteiger charge is -2.28. The average molecular weight is 282 g/mol. The number of amides is 1. The number of rotatable bonds is 5. The fourth-order valence-electron chi connectivity index (χ4n) is 3.43. The Labute approximate surface area is 120 Å². The third-order valence-electron chi connectivity index (χ3n) is 4.96. The van der Waals surface area contributed by atoms with Crippen molar-refractivity contribution in [2.45, 2.75) is 57.9 Å². The number of carboxylic acid groups (broad SMARTS) is 1. The molecule has 1 saturated carbocycles. The van der Waals surface area contributed by atoms with Gasteiger partial charge in [-0.25, -0.2) is 0 Å². The van der Waals surface area contributed by atoms with Crippen molar-refractivity contribution in [1.29, 1.82) is 0 Å². The second-order valence-electron chi connectivity index (χ2n) is 6.49. The lowest BCUT2D eigenvalue weighted by atomic mass is 9.84. The normalized spacial score (nSPS) is 33.9. The van der Waals surface area contributed by atoms with Crippen molar-refractivity contribution in [2.75, 3.05) is 13.1 Å². The van der Waals surface area contributed by atoms with Crippen LogP contribution in [-0.4, -0.2) is 36.1 Å². The van der Waals surface area contributed by atoms with Gasteiger partial charge in [-0.3, -0.25) is 9.59 Å². The molecule has 0 aromatic heterocycles. The molecule has 0 bridgehead atoms. The molecule has 1 amide bonds. The Morgan fingerprint density at radius 1 is 1.35 bits per heavy atom. The van der Waals surface area contributed by atoms with Gasteiger partial charge in [-0.05, 0) is 58.0 Å². The molecule has 2 fully saturated rings. The second-order valence-corrected chi connectivity index (χ2v) is 6.49. The molecule has 20 heavy (non-hydrogen) atoms. The number of hydrogen-bond acceptors (Lipinski definition) is 3. The summed E-state index contributed by atoms with van der Waals surface area (Å²) in [6.07, 6.45) is 6.09. The fourth-order valence-corrected chi connectivity index (χ4v) is 3.43. The Balaban J connectivity index is 1.77. The molecule has 2 rings (SSSR count). The third kappa shape index (κ3) is 3.51. The highest BCUT2D eigenvalue weighted by atomic mass is 16.4. The van der Waals surface area contributed by atoms with Crippen LogP contribution in [0.4, 0.5) is 0 Å². The zero-order chi connectivity index (χ0) is 14.6. The first kappa shape index (κ1) is 15.3. The van der Waals surface area contributed by atoms with Gasteiger partial charge in [0.2, 0.25) is 5.91 Å². The highest BCUT2D eigenvalue weighted by molar-refractivity contribution is 5.80. The van der Waals surface area contributed by atoms with Gasteiger partial charge in [0, 0.05) is 12.5 Å². The zero-order valence-electron chi connectivity index (χ0n) is 12.3. The molecule has 1 aliphatic heterocycles. The molecule has 3 unspecified atom stereocenters. The number of carbonyl (C=O) groups is 2. The van der Waals surface area contributed by atoms with E-state index in [2.05, 4.69) is 10.6 Å². The molecule has 2 aliphatic rings. The van der Waals surface area contributed by atoms with Crippen molar-refractivity contribution < 1.29 is 14.7 Å². The first-order valence-corrected chi connectivity index (χ1v) is 7.76. The predicted octanol–water partition coefficient (Wildman–Crippen LogP) is 1.53. The first-order chi connectivity index (χ1) is 9.52. The molecule has 0 radical (unpaired) electrons. The van der Waals surface area contributed by atoms with Crippen molar-refractivity contribution >= 4 is 11.9 Å². The summed E-state index contributed by atoms with van der Waals surface area (Å²) in [7, 11) is 0. The first-order valence-electron chi connectivity index (χ1n) is 7.76. The largest absolute Gasteiger partial charge is 0.481 e. The topological polar surface area (TPSA) is 78.4 Å². The summed E-state index contributed by atoms with van der Waals surface area (Å²) in [6.45, 7) is 3.84. The minimum Gasteiger partial charge on any atom is -0.481 e. The summed E-state index contributed by atoms with van der Waals surface area (Å²) in [5.41, 5.74) is -0.790. The highest BCUT2D eigenvalue weighted by Crippen LogP contribution is 2.38. The van der Waals surface area contributed by atoms with Crippen LogP contribution in [0.15, 0.2) is 0 Å². The maximum absolute atomic E-state index is 12.0. The van der Waals surface area contributed by atoms with Crippen LogP contribution in [0.3, 0.4) is 0 Å². The van der Waals surface area contributed by atoms with Crippen LogP contribution in [0, 0.1) is 11.3 Å². The summed E-state index contributed by atoms with van der Waals surface area (Å²) in [5.74, 6) is -0.198. The van der Waals surface area contributed by atoms with Crippen LogP contribution >= 0.6 is 0 Å². The van der Waals surface area contributed by atoms with Crippen molar-refractivity contribution in [1.82, 2.24) is 10.6 Å². The predicted molar refractivity (Wildman–Crippen MR) is 76.4 cm³/mol.